The van der Waals surface area contributed by atoms with Crippen molar-refractivity contribution < 1.29 is 19.0 Å². The number of ether oxygens (including phenoxy) is 3. The minimum absolute atomic E-state index is 0.241. The summed E-state index contributed by atoms with van der Waals surface area (Å²) >= 11 is 0. The SMILES string of the molecule is NCCOCCC(=O)OCCOc1ccccc1. The lowest BCUT2D eigenvalue weighted by Crippen LogP contribution is -2.15. The highest BCUT2D eigenvalue weighted by Crippen LogP contribution is 2.07. The first-order valence-electron chi connectivity index (χ1n) is 5.94. The number of para-hydroxylation sites is 1. The zero-order valence-electron chi connectivity index (χ0n) is 10.3. The molecule has 0 aliphatic carbocycles. The van der Waals surface area contributed by atoms with E-state index in [0.717, 1.165) is 5.75 Å². The largest absolute Gasteiger partial charge is 0.490 e. The van der Waals surface area contributed by atoms with Crippen molar-refractivity contribution in [3.05, 3.63) is 30.3 Å². The molecule has 0 fully saturated rings. The highest BCUT2D eigenvalue weighted by molar-refractivity contribution is 5.69. The first-order valence-corrected chi connectivity index (χ1v) is 5.94. The number of carbonyl (C=O) groups is 1. The fraction of sp³-hybridized carbons (Fsp3) is 0.462. The maximum Gasteiger partial charge on any atom is 0.308 e. The van der Waals surface area contributed by atoms with Gasteiger partial charge in [0.25, 0.3) is 0 Å². The van der Waals surface area contributed by atoms with Crippen LogP contribution in [0.15, 0.2) is 30.3 Å². The monoisotopic (exact) mass is 253 g/mol. The first-order chi connectivity index (χ1) is 8.83. The van der Waals surface area contributed by atoms with Gasteiger partial charge in [0.15, 0.2) is 0 Å². The molecule has 0 radical (unpaired) electrons. The van der Waals surface area contributed by atoms with Gasteiger partial charge in [0, 0.05) is 6.54 Å². The third-order valence-corrected chi connectivity index (χ3v) is 2.07. The van der Waals surface area contributed by atoms with Crippen LogP contribution in [0.3, 0.4) is 0 Å². The van der Waals surface area contributed by atoms with Gasteiger partial charge in [0.05, 0.1) is 19.6 Å². The molecule has 0 heterocycles. The maximum absolute atomic E-state index is 11.2. The van der Waals surface area contributed by atoms with Crippen molar-refractivity contribution in [1.82, 2.24) is 0 Å². The second-order valence-corrected chi connectivity index (χ2v) is 3.53. The van der Waals surface area contributed by atoms with Crippen LogP contribution in [0.4, 0.5) is 0 Å². The Bertz CT molecular complexity index is 329. The van der Waals surface area contributed by atoms with Crippen LogP contribution in [0.1, 0.15) is 6.42 Å². The predicted octanol–water partition coefficient (Wildman–Crippen LogP) is 0.974. The summed E-state index contributed by atoms with van der Waals surface area (Å²) in [7, 11) is 0. The molecule has 18 heavy (non-hydrogen) atoms. The molecule has 2 N–H and O–H groups in total. The number of benzene rings is 1. The van der Waals surface area contributed by atoms with Crippen LogP contribution in [0.5, 0.6) is 5.75 Å². The Kier molecular flexibility index (Phi) is 7.59. The fourth-order valence-electron chi connectivity index (χ4n) is 1.24. The van der Waals surface area contributed by atoms with Crippen molar-refractivity contribution in [3.63, 3.8) is 0 Å². The molecule has 1 rings (SSSR count). The standard InChI is InChI=1S/C13H19NO4/c14-7-9-16-8-6-13(15)18-11-10-17-12-4-2-1-3-5-12/h1-5H,6-11,14H2. The molecule has 0 aliphatic rings. The van der Waals surface area contributed by atoms with Crippen molar-refractivity contribution in [3.8, 4) is 5.75 Å². The Morgan fingerprint density at radius 1 is 1.06 bits per heavy atom. The molecule has 0 saturated heterocycles. The fourth-order valence-corrected chi connectivity index (χ4v) is 1.24. The van der Waals surface area contributed by atoms with Gasteiger partial charge >= 0.3 is 5.97 Å². The Hall–Kier alpha value is -1.59. The van der Waals surface area contributed by atoms with E-state index in [-0.39, 0.29) is 19.0 Å². The molecule has 1 aromatic rings. The normalized spacial score (nSPS) is 10.1. The topological polar surface area (TPSA) is 70.8 Å². The number of carbonyl (C=O) groups excluding carboxylic acids is 1. The smallest absolute Gasteiger partial charge is 0.308 e. The van der Waals surface area contributed by atoms with Crippen molar-refractivity contribution in [2.75, 3.05) is 33.0 Å². The van der Waals surface area contributed by atoms with Gasteiger partial charge in [-0.25, -0.2) is 0 Å². The Morgan fingerprint density at radius 3 is 2.56 bits per heavy atom. The predicted molar refractivity (Wildman–Crippen MR) is 67.4 cm³/mol. The van der Waals surface area contributed by atoms with E-state index < -0.39 is 0 Å². The second kappa shape index (κ2) is 9.44. The zero-order valence-corrected chi connectivity index (χ0v) is 10.3. The molecule has 0 aromatic heterocycles. The Balaban J connectivity index is 1.99. The molecule has 0 bridgehead atoms. The van der Waals surface area contributed by atoms with Crippen molar-refractivity contribution in [2.45, 2.75) is 6.42 Å². The molecule has 0 amide bonds. The van der Waals surface area contributed by atoms with Crippen LogP contribution in [0.2, 0.25) is 0 Å². The molecule has 1 aromatic carbocycles. The molecular formula is C13H19NO4. The van der Waals surface area contributed by atoms with Gasteiger partial charge in [0.1, 0.15) is 19.0 Å². The lowest BCUT2D eigenvalue weighted by atomic mass is 10.3. The molecule has 0 aliphatic heterocycles. The molecule has 0 spiro atoms. The minimum atomic E-state index is -0.288. The number of nitrogens with two attached hydrogens (primary N) is 1. The first kappa shape index (κ1) is 14.5. The summed E-state index contributed by atoms with van der Waals surface area (Å²) in [6, 6.07) is 9.38. The molecule has 0 saturated carbocycles. The summed E-state index contributed by atoms with van der Waals surface area (Å²) < 4.78 is 15.4. The van der Waals surface area contributed by atoms with Gasteiger partial charge in [-0.1, -0.05) is 18.2 Å². The van der Waals surface area contributed by atoms with Crippen molar-refractivity contribution in [2.24, 2.45) is 5.73 Å². The van der Waals surface area contributed by atoms with E-state index in [4.69, 9.17) is 19.9 Å². The van der Waals surface area contributed by atoms with Crippen LogP contribution in [0, 0.1) is 0 Å². The Morgan fingerprint density at radius 2 is 1.83 bits per heavy atom. The van der Waals surface area contributed by atoms with E-state index in [2.05, 4.69) is 0 Å². The number of hydrogen-bond acceptors (Lipinski definition) is 5. The van der Waals surface area contributed by atoms with Crippen molar-refractivity contribution >= 4 is 5.97 Å². The zero-order chi connectivity index (χ0) is 13.1. The summed E-state index contributed by atoms with van der Waals surface area (Å²) in [5, 5.41) is 0. The van der Waals surface area contributed by atoms with Crippen molar-refractivity contribution in [1.29, 1.82) is 0 Å². The van der Waals surface area contributed by atoms with Gasteiger partial charge in [-0.15, -0.1) is 0 Å². The quantitative estimate of drug-likeness (QED) is 0.524. The van der Waals surface area contributed by atoms with E-state index in [9.17, 15) is 4.79 Å². The van der Waals surface area contributed by atoms with Gasteiger partial charge in [-0.3, -0.25) is 4.79 Å². The number of hydrogen-bond donors (Lipinski definition) is 1. The second-order valence-electron chi connectivity index (χ2n) is 3.53. The minimum Gasteiger partial charge on any atom is -0.490 e. The summed E-state index contributed by atoms with van der Waals surface area (Å²) in [6.07, 6.45) is 0.241. The average molecular weight is 253 g/mol. The van der Waals surface area contributed by atoms with Gasteiger partial charge < -0.3 is 19.9 Å². The molecule has 0 atom stereocenters. The van der Waals surface area contributed by atoms with Crippen LogP contribution >= 0.6 is 0 Å². The summed E-state index contributed by atoms with van der Waals surface area (Å²) in [4.78, 5) is 11.2. The van der Waals surface area contributed by atoms with Crippen LogP contribution in [-0.2, 0) is 14.3 Å². The van der Waals surface area contributed by atoms with Gasteiger partial charge in [-0.2, -0.15) is 0 Å². The number of rotatable bonds is 9. The van der Waals surface area contributed by atoms with E-state index in [0.29, 0.717) is 26.4 Å². The summed E-state index contributed by atoms with van der Waals surface area (Å²) in [6.45, 7) is 1.85. The van der Waals surface area contributed by atoms with E-state index in [1.165, 1.54) is 0 Å². The molecule has 5 heteroatoms. The molecular weight excluding hydrogens is 234 g/mol. The summed E-state index contributed by atoms with van der Waals surface area (Å²) in [5.74, 6) is 0.475. The molecule has 0 unspecified atom stereocenters. The molecule has 5 nitrogen and oxygen atoms in total. The van der Waals surface area contributed by atoms with Crippen LogP contribution in [-0.4, -0.2) is 38.9 Å². The third-order valence-electron chi connectivity index (χ3n) is 2.07. The highest BCUT2D eigenvalue weighted by atomic mass is 16.6. The molecule has 100 valence electrons. The highest BCUT2D eigenvalue weighted by Gasteiger charge is 2.02. The van der Waals surface area contributed by atoms with Gasteiger partial charge in [-0.05, 0) is 12.1 Å². The van der Waals surface area contributed by atoms with Crippen LogP contribution < -0.4 is 10.5 Å². The summed E-state index contributed by atoms with van der Waals surface area (Å²) in [5.41, 5.74) is 5.24. The van der Waals surface area contributed by atoms with E-state index >= 15 is 0 Å². The van der Waals surface area contributed by atoms with E-state index in [1.807, 2.05) is 30.3 Å². The maximum atomic E-state index is 11.2. The van der Waals surface area contributed by atoms with Crippen LogP contribution in [0.25, 0.3) is 0 Å². The lowest BCUT2D eigenvalue weighted by molar-refractivity contribution is -0.145. The number of esters is 1. The third kappa shape index (κ3) is 6.88. The lowest BCUT2D eigenvalue weighted by Gasteiger charge is -2.07. The van der Waals surface area contributed by atoms with E-state index in [1.54, 1.807) is 0 Å². The van der Waals surface area contributed by atoms with Gasteiger partial charge in [0.2, 0.25) is 0 Å². The average Bonchev–Trinajstić information content (AvgIpc) is 2.41. The Labute approximate surface area is 107 Å².